The third kappa shape index (κ3) is 36.2. The number of thiocyanates is 2. The van der Waals surface area contributed by atoms with E-state index in [1.165, 1.54) is 0 Å². The predicted molar refractivity (Wildman–Crippen MR) is 59.2 cm³/mol. The fraction of sp³-hybridized carbons (Fsp3) is 0. The molecule has 0 saturated carbocycles. The van der Waals surface area contributed by atoms with Gasteiger partial charge in [0.15, 0.2) is 12.2 Å². The topological polar surface area (TPSA) is 160 Å². The molecule has 0 fully saturated rings. The normalized spacial score (nSPS) is 6.56. The minimum absolute atomic E-state index is 0. The average Bonchev–Trinajstić information content (AvgIpc) is 2.18. The van der Waals surface area contributed by atoms with Crippen LogP contribution in [0, 0.1) is 32.1 Å². The van der Waals surface area contributed by atoms with Gasteiger partial charge in [-0.15, -0.1) is 0 Å². The molecule has 0 spiro atoms. The molecule has 2 N–H and O–H groups in total. The van der Waals surface area contributed by atoms with Crippen LogP contribution in [0.15, 0.2) is 0 Å². The molecule has 0 aliphatic rings. The molecular formula is C4H2K2N4O4S4. The Bertz CT molecular complexity index is 278. The predicted octanol–water partition coefficient (Wildman–Crippen LogP) is -5.84. The van der Waals surface area contributed by atoms with Crippen LogP contribution >= 0.6 is 43.7 Å². The van der Waals surface area contributed by atoms with Crippen LogP contribution in [-0.4, -0.2) is 12.2 Å². The van der Waals surface area contributed by atoms with Crippen molar-refractivity contribution in [2.45, 2.75) is 0 Å². The van der Waals surface area contributed by atoms with Crippen LogP contribution in [-0.2, 0) is 8.37 Å². The summed E-state index contributed by atoms with van der Waals surface area (Å²) in [5.41, 5.74) is 0. The second-order valence-corrected chi connectivity index (χ2v) is 4.35. The summed E-state index contributed by atoms with van der Waals surface area (Å²) in [6, 6.07) is 0. The van der Waals surface area contributed by atoms with Crippen LogP contribution in [0.3, 0.4) is 0 Å². The second-order valence-electron chi connectivity index (χ2n) is 1.23. The summed E-state index contributed by atoms with van der Waals surface area (Å²) in [4.78, 5) is 0. The standard InChI is InChI=1S/2C2H2N2O2S2.2K/c2*3-1-7-8-6-2(4)5;;/h2*(H2,4,5);;/q;;2*+1/p-2. The van der Waals surface area contributed by atoms with Gasteiger partial charge in [0.25, 0.3) is 0 Å². The van der Waals surface area contributed by atoms with Gasteiger partial charge in [-0.2, -0.15) is 10.5 Å². The Morgan fingerprint density at radius 3 is 1.33 bits per heavy atom. The maximum absolute atomic E-state index is 9.62. The van der Waals surface area contributed by atoms with Crippen molar-refractivity contribution in [3.8, 4) is 10.8 Å². The van der Waals surface area contributed by atoms with Crippen LogP contribution in [0.25, 0.3) is 0 Å². The van der Waals surface area contributed by atoms with Crippen molar-refractivity contribution in [2.75, 3.05) is 0 Å². The minimum Gasteiger partial charge on any atom is -0.529 e. The van der Waals surface area contributed by atoms with E-state index in [0.717, 1.165) is 0 Å². The monoisotopic (exact) mass is 376 g/mol. The fourth-order valence-electron chi connectivity index (χ4n) is 0.126. The van der Waals surface area contributed by atoms with E-state index in [0.29, 0.717) is 43.7 Å². The van der Waals surface area contributed by atoms with Crippen LogP contribution in [0.1, 0.15) is 0 Å². The number of nitriles is 2. The van der Waals surface area contributed by atoms with E-state index >= 15 is 0 Å². The van der Waals surface area contributed by atoms with Crippen molar-refractivity contribution in [1.29, 1.82) is 21.3 Å². The van der Waals surface area contributed by atoms with Gasteiger partial charge in [-0.3, -0.25) is 10.8 Å². The maximum Gasteiger partial charge on any atom is 1.00 e. The van der Waals surface area contributed by atoms with Crippen LogP contribution in [0.2, 0.25) is 0 Å². The first kappa shape index (κ1) is 28.4. The molecule has 14 heteroatoms. The number of rotatable bonds is 4. The molecule has 18 heavy (non-hydrogen) atoms. The molecule has 88 valence electrons. The van der Waals surface area contributed by atoms with E-state index in [-0.39, 0.29) is 103 Å². The molecule has 0 aliphatic heterocycles. The van der Waals surface area contributed by atoms with Crippen LogP contribution in [0.5, 0.6) is 0 Å². The third-order valence-corrected chi connectivity index (χ3v) is 2.35. The van der Waals surface area contributed by atoms with E-state index in [2.05, 4.69) is 8.37 Å². The van der Waals surface area contributed by atoms with Crippen molar-refractivity contribution in [1.82, 2.24) is 0 Å². The summed E-state index contributed by atoms with van der Waals surface area (Å²) in [5.74, 6) is 0. The van der Waals surface area contributed by atoms with Gasteiger partial charge in [0.05, 0.1) is 0 Å². The molecule has 0 heterocycles. The van der Waals surface area contributed by atoms with Crippen molar-refractivity contribution < 1.29 is 121 Å². The van der Waals surface area contributed by atoms with Gasteiger partial charge in [-0.05, 0) is 0 Å². The van der Waals surface area contributed by atoms with Gasteiger partial charge in [0.1, 0.15) is 10.8 Å². The smallest absolute Gasteiger partial charge is 0.529 e. The summed E-state index contributed by atoms with van der Waals surface area (Å²) in [5, 5.41) is 50.5. The molecule has 0 bridgehead atoms. The Balaban J connectivity index is -0.0000000980. The molecule has 0 amide bonds. The maximum atomic E-state index is 9.62. The summed E-state index contributed by atoms with van der Waals surface area (Å²) < 4.78 is 7.93. The summed E-state index contributed by atoms with van der Waals surface area (Å²) in [7, 11) is 1.39. The Kier molecular flexibility index (Phi) is 38.2. The molecule has 0 aromatic rings. The van der Waals surface area contributed by atoms with E-state index in [4.69, 9.17) is 21.3 Å². The summed E-state index contributed by atoms with van der Waals surface area (Å²) >= 11 is 1.16. The molecule has 8 nitrogen and oxygen atoms in total. The van der Waals surface area contributed by atoms with E-state index in [9.17, 15) is 10.2 Å². The molecule has 0 rings (SSSR count). The molecular weight excluding hydrogens is 375 g/mol. The van der Waals surface area contributed by atoms with Gasteiger partial charge >= 0.3 is 103 Å². The quantitative estimate of drug-likeness (QED) is 0.0919. The molecule has 0 unspecified atom stereocenters. The van der Waals surface area contributed by atoms with Gasteiger partial charge in [0.2, 0.25) is 0 Å². The molecule has 0 saturated heterocycles. The summed E-state index contributed by atoms with van der Waals surface area (Å²) in [6.45, 7) is 0. The summed E-state index contributed by atoms with van der Waals surface area (Å²) in [6.07, 6.45) is -2.28. The van der Waals surface area contributed by atoms with Crippen LogP contribution in [0.4, 0.5) is 0 Å². The SMILES string of the molecule is N#CSSOC(=N)[O-].N#CSSOC(=N)[O-].[K+].[K+]. The zero-order chi connectivity index (χ0) is 12.8. The molecule has 0 aliphatic carbocycles. The molecule has 0 aromatic heterocycles. The zero-order valence-electron chi connectivity index (χ0n) is 9.16. The van der Waals surface area contributed by atoms with Crippen LogP contribution < -0.4 is 113 Å². The zero-order valence-corrected chi connectivity index (χ0v) is 18.7. The molecule has 0 atom stereocenters. The Morgan fingerprint density at radius 2 is 1.17 bits per heavy atom. The number of hydrogen-bond donors (Lipinski definition) is 2. The first-order chi connectivity index (χ1) is 7.54. The average molecular weight is 377 g/mol. The number of hydrogen-bond acceptors (Lipinski definition) is 12. The van der Waals surface area contributed by atoms with Gasteiger partial charge < -0.3 is 18.6 Å². The molecule has 0 radical (unpaired) electrons. The third-order valence-electron chi connectivity index (χ3n) is 0.362. The Labute approximate surface area is 204 Å². The largest absolute Gasteiger partial charge is 1.00 e. The van der Waals surface area contributed by atoms with E-state index in [1.807, 2.05) is 0 Å². The Hall–Kier alpha value is 2.19. The first-order valence-electron chi connectivity index (χ1n) is 2.84. The Morgan fingerprint density at radius 1 is 0.889 bits per heavy atom. The number of nitrogens with one attached hydrogen (secondary N) is 2. The van der Waals surface area contributed by atoms with E-state index in [1.54, 1.807) is 10.8 Å². The van der Waals surface area contributed by atoms with Crippen molar-refractivity contribution in [3.63, 3.8) is 0 Å². The van der Waals surface area contributed by atoms with Gasteiger partial charge in [-0.25, -0.2) is 0 Å². The molecule has 0 aromatic carbocycles. The first-order valence-corrected chi connectivity index (χ1v) is 6.99. The van der Waals surface area contributed by atoms with Gasteiger partial charge in [0, 0.05) is 43.7 Å². The van der Waals surface area contributed by atoms with Crippen molar-refractivity contribution in [3.05, 3.63) is 0 Å². The van der Waals surface area contributed by atoms with E-state index < -0.39 is 12.2 Å². The van der Waals surface area contributed by atoms with Crippen molar-refractivity contribution >= 4 is 55.9 Å². The van der Waals surface area contributed by atoms with Crippen molar-refractivity contribution in [2.24, 2.45) is 0 Å². The fourth-order valence-corrected chi connectivity index (χ4v) is 1.14. The number of nitrogens with zero attached hydrogens (tertiary/aromatic N) is 2. The second kappa shape index (κ2) is 24.2. The minimum atomic E-state index is -1.14. The van der Waals surface area contributed by atoms with Gasteiger partial charge in [-0.1, -0.05) is 0 Å².